The minimum Gasteiger partial charge on any atom is -0.448 e. The van der Waals surface area contributed by atoms with Gasteiger partial charge in [-0.25, -0.2) is 15.2 Å². The Morgan fingerprint density at radius 1 is 1.23 bits per heavy atom. The van der Waals surface area contributed by atoms with Crippen LogP contribution in [0.25, 0.3) is 0 Å². The van der Waals surface area contributed by atoms with Crippen LogP contribution in [0.1, 0.15) is 37.9 Å². The number of nitrogens with two attached hydrogens (primary N) is 1. The fraction of sp³-hybridized carbons (Fsp3) is 0.450. The predicted octanol–water partition coefficient (Wildman–Crippen LogP) is 1.25. The molecule has 0 aliphatic rings. The average molecular weight is 431 g/mol. The number of nitrogen functional groups attached to an aromatic ring is 1. The van der Waals surface area contributed by atoms with Gasteiger partial charge in [0.1, 0.15) is 6.54 Å². The molecule has 0 radical (unpaired) electrons. The number of hydrogen-bond donors (Lipinski definition) is 4. The number of amides is 2. The van der Waals surface area contributed by atoms with Gasteiger partial charge in [-0.3, -0.25) is 24.6 Å². The minimum atomic E-state index is -0.746. The molecule has 11 heteroatoms. The number of nitrogens with zero attached hydrogens (tertiary/aromatic N) is 3. The number of anilines is 2. The molecule has 11 nitrogen and oxygen atoms in total. The minimum absolute atomic E-state index is 0.136. The summed E-state index contributed by atoms with van der Waals surface area (Å²) in [7, 11) is 0. The maximum Gasteiger partial charge on any atom is 0.426 e. The van der Waals surface area contributed by atoms with Crippen molar-refractivity contribution in [2.45, 2.75) is 47.7 Å². The summed E-state index contributed by atoms with van der Waals surface area (Å²) in [6.07, 6.45) is 0.670. The van der Waals surface area contributed by atoms with Crippen molar-refractivity contribution in [2.24, 2.45) is 5.41 Å². The van der Waals surface area contributed by atoms with E-state index in [0.717, 1.165) is 5.69 Å². The second-order valence-corrected chi connectivity index (χ2v) is 8.29. The molecule has 0 spiro atoms. The Labute approximate surface area is 180 Å². The van der Waals surface area contributed by atoms with Gasteiger partial charge in [0.05, 0.1) is 24.5 Å². The van der Waals surface area contributed by atoms with Crippen molar-refractivity contribution in [1.82, 2.24) is 25.3 Å². The van der Waals surface area contributed by atoms with Crippen molar-refractivity contribution in [3.63, 3.8) is 0 Å². The molecule has 168 valence electrons. The summed E-state index contributed by atoms with van der Waals surface area (Å²) >= 11 is 0. The molecule has 0 unspecified atom stereocenters. The van der Waals surface area contributed by atoms with Crippen molar-refractivity contribution in [1.29, 1.82) is 0 Å². The lowest BCUT2D eigenvalue weighted by Crippen LogP contribution is -2.38. The Balaban J connectivity index is 2.00. The summed E-state index contributed by atoms with van der Waals surface area (Å²) in [6, 6.07) is 3.50. The van der Waals surface area contributed by atoms with Gasteiger partial charge >= 0.3 is 6.09 Å². The molecule has 2 amide bonds. The smallest absolute Gasteiger partial charge is 0.426 e. The summed E-state index contributed by atoms with van der Waals surface area (Å²) in [5, 5.41) is 2.70. The Morgan fingerprint density at radius 3 is 2.61 bits per heavy atom. The zero-order valence-corrected chi connectivity index (χ0v) is 18.4. The van der Waals surface area contributed by atoms with Gasteiger partial charge in [0, 0.05) is 17.6 Å². The number of pyridine rings is 1. The maximum absolute atomic E-state index is 12.7. The van der Waals surface area contributed by atoms with Crippen LogP contribution in [-0.2, 0) is 22.6 Å². The second kappa shape index (κ2) is 9.92. The largest absolute Gasteiger partial charge is 0.448 e. The number of carbonyl (C=O) groups excluding carboxylic acids is 2. The van der Waals surface area contributed by atoms with Crippen molar-refractivity contribution in [3.8, 4) is 0 Å². The fourth-order valence-electron chi connectivity index (χ4n) is 2.43. The van der Waals surface area contributed by atoms with Crippen molar-refractivity contribution < 1.29 is 14.3 Å². The van der Waals surface area contributed by atoms with E-state index in [2.05, 4.69) is 26.1 Å². The highest BCUT2D eigenvalue weighted by Crippen LogP contribution is 2.12. The first-order chi connectivity index (χ1) is 14.5. The van der Waals surface area contributed by atoms with E-state index in [9.17, 15) is 14.4 Å². The van der Waals surface area contributed by atoms with Gasteiger partial charge in [-0.1, -0.05) is 20.8 Å². The molecule has 0 aliphatic heterocycles. The van der Waals surface area contributed by atoms with Crippen LogP contribution < -0.4 is 27.5 Å². The number of nitrogens with one attached hydrogen (secondary N) is 3. The number of rotatable bonds is 7. The van der Waals surface area contributed by atoms with Crippen LogP contribution in [0.2, 0.25) is 0 Å². The van der Waals surface area contributed by atoms with E-state index in [1.807, 2.05) is 27.7 Å². The summed E-state index contributed by atoms with van der Waals surface area (Å²) in [5.41, 5.74) is 12.1. The average Bonchev–Trinajstić information content (AvgIpc) is 2.69. The summed E-state index contributed by atoms with van der Waals surface area (Å²) < 4.78 is 6.29. The lowest BCUT2D eigenvalue weighted by atomic mass is 9.99. The molecule has 0 aromatic carbocycles. The summed E-state index contributed by atoms with van der Waals surface area (Å²) in [6.45, 7) is 9.34. The van der Waals surface area contributed by atoms with Gasteiger partial charge in [0.15, 0.2) is 0 Å². The molecule has 2 aromatic heterocycles. The van der Waals surface area contributed by atoms with E-state index in [-0.39, 0.29) is 30.9 Å². The highest BCUT2D eigenvalue weighted by atomic mass is 16.6. The van der Waals surface area contributed by atoms with Gasteiger partial charge in [0.2, 0.25) is 11.7 Å². The normalized spacial score (nSPS) is 11.0. The summed E-state index contributed by atoms with van der Waals surface area (Å²) in [4.78, 5) is 45.1. The molecular formula is C20H29N7O4. The third kappa shape index (κ3) is 7.28. The number of hydrazine groups is 1. The van der Waals surface area contributed by atoms with Crippen LogP contribution in [0.4, 0.5) is 16.3 Å². The van der Waals surface area contributed by atoms with E-state index < -0.39 is 17.6 Å². The van der Waals surface area contributed by atoms with Crippen molar-refractivity contribution in [2.75, 3.05) is 17.8 Å². The first-order valence-electron chi connectivity index (χ1n) is 9.70. The lowest BCUT2D eigenvalue weighted by molar-refractivity contribution is -0.121. The SMILES string of the molecule is Cc1ccc(N)c(CNC(=O)Cn2c(C)cnc(NNC(=O)OCC(C)(C)C)c2=O)n1. The number of aromatic nitrogens is 3. The summed E-state index contributed by atoms with van der Waals surface area (Å²) in [5.74, 6) is -0.543. The maximum atomic E-state index is 12.7. The van der Waals surface area contributed by atoms with Gasteiger partial charge in [-0.15, -0.1) is 0 Å². The standard InChI is InChI=1S/C20H29N7O4/c1-12-6-7-14(21)15(24-12)9-22-16(28)10-27-13(2)8-23-17(18(27)29)25-26-19(30)31-11-20(3,4)5/h6-8H,9-11,21H2,1-5H3,(H,22,28)(H,23,25)(H,26,30). The monoisotopic (exact) mass is 431 g/mol. The zero-order chi connectivity index (χ0) is 23.2. The van der Waals surface area contributed by atoms with Crippen LogP contribution in [0.3, 0.4) is 0 Å². The zero-order valence-electron chi connectivity index (χ0n) is 18.4. The van der Waals surface area contributed by atoms with Crippen LogP contribution in [0.15, 0.2) is 23.1 Å². The molecule has 5 N–H and O–H groups in total. The molecule has 2 aromatic rings. The second-order valence-electron chi connectivity index (χ2n) is 8.29. The molecular weight excluding hydrogens is 402 g/mol. The fourth-order valence-corrected chi connectivity index (χ4v) is 2.43. The van der Waals surface area contributed by atoms with Crippen LogP contribution in [0.5, 0.6) is 0 Å². The van der Waals surface area contributed by atoms with Gasteiger partial charge < -0.3 is 15.8 Å². The molecule has 2 rings (SSSR count). The highest BCUT2D eigenvalue weighted by molar-refractivity contribution is 5.76. The highest BCUT2D eigenvalue weighted by Gasteiger charge is 2.15. The molecule has 0 bridgehead atoms. The quantitative estimate of drug-likeness (QED) is 0.478. The first-order valence-corrected chi connectivity index (χ1v) is 9.70. The van der Waals surface area contributed by atoms with E-state index in [0.29, 0.717) is 17.1 Å². The van der Waals surface area contributed by atoms with Crippen LogP contribution in [-0.4, -0.2) is 33.1 Å². The molecule has 0 saturated heterocycles. The van der Waals surface area contributed by atoms with Crippen LogP contribution in [0, 0.1) is 19.3 Å². The van der Waals surface area contributed by atoms with Gasteiger partial charge in [-0.05, 0) is 31.4 Å². The first kappa shape index (κ1) is 23.6. The molecule has 0 aliphatic carbocycles. The number of aryl methyl sites for hydroxylation is 2. The van der Waals surface area contributed by atoms with E-state index in [1.165, 1.54) is 10.8 Å². The van der Waals surface area contributed by atoms with Crippen molar-refractivity contribution in [3.05, 3.63) is 45.8 Å². The Hall–Kier alpha value is -3.63. The van der Waals surface area contributed by atoms with Gasteiger partial charge in [-0.2, -0.15) is 0 Å². The number of hydrogen-bond acceptors (Lipinski definition) is 8. The Morgan fingerprint density at radius 2 is 1.94 bits per heavy atom. The topological polar surface area (TPSA) is 153 Å². The number of carbonyl (C=O) groups is 2. The van der Waals surface area contributed by atoms with E-state index in [4.69, 9.17) is 10.5 Å². The molecule has 2 heterocycles. The molecule has 0 fully saturated rings. The van der Waals surface area contributed by atoms with E-state index >= 15 is 0 Å². The Kier molecular flexibility index (Phi) is 7.56. The molecule has 0 atom stereocenters. The third-order valence-corrected chi connectivity index (χ3v) is 4.08. The lowest BCUT2D eigenvalue weighted by Gasteiger charge is -2.18. The molecule has 0 saturated carbocycles. The van der Waals surface area contributed by atoms with E-state index in [1.54, 1.807) is 19.1 Å². The molecule has 31 heavy (non-hydrogen) atoms. The van der Waals surface area contributed by atoms with Crippen molar-refractivity contribution >= 4 is 23.5 Å². The predicted molar refractivity (Wildman–Crippen MR) is 116 cm³/mol. The van der Waals surface area contributed by atoms with Crippen LogP contribution >= 0.6 is 0 Å². The Bertz CT molecular complexity index is 1010. The van der Waals surface area contributed by atoms with Gasteiger partial charge in [0.25, 0.3) is 5.56 Å². The third-order valence-electron chi connectivity index (χ3n) is 4.08. The number of ether oxygens (including phenoxy) is 1.